The van der Waals surface area contributed by atoms with Crippen molar-refractivity contribution in [2.75, 3.05) is 13.1 Å². The van der Waals surface area contributed by atoms with E-state index in [9.17, 15) is 0 Å². The van der Waals surface area contributed by atoms with E-state index in [4.69, 9.17) is 27.9 Å². The third-order valence-corrected chi connectivity index (χ3v) is 4.71. The highest BCUT2D eigenvalue weighted by atomic mass is 35.5. The van der Waals surface area contributed by atoms with Crippen molar-refractivity contribution in [3.05, 3.63) is 56.2 Å². The summed E-state index contributed by atoms with van der Waals surface area (Å²) in [5.74, 6) is 0. The first-order valence-electron chi connectivity index (χ1n) is 6.10. The number of ether oxygens (including phenoxy) is 1. The quantitative estimate of drug-likeness (QED) is 0.884. The Bertz CT molecular complexity index is 558. The van der Waals surface area contributed by atoms with Gasteiger partial charge in [-0.1, -0.05) is 53.5 Å². The minimum Gasteiger partial charge on any atom is -0.363 e. The van der Waals surface area contributed by atoms with Crippen molar-refractivity contribution in [1.29, 1.82) is 0 Å². The maximum Gasteiger partial charge on any atom is 0.100 e. The summed E-state index contributed by atoms with van der Waals surface area (Å²) in [6.45, 7) is 1.58. The minimum atomic E-state index is -0.0461. The van der Waals surface area contributed by atoms with E-state index in [0.29, 0.717) is 8.67 Å². The zero-order valence-electron chi connectivity index (χ0n) is 10.1. The predicted molar refractivity (Wildman–Crippen MR) is 80.2 cm³/mol. The Morgan fingerprint density at radius 2 is 1.84 bits per heavy atom. The molecule has 1 aliphatic rings. The number of halogens is 2. The van der Waals surface area contributed by atoms with Gasteiger partial charge >= 0.3 is 0 Å². The van der Waals surface area contributed by atoms with Crippen molar-refractivity contribution in [3.8, 4) is 0 Å². The Morgan fingerprint density at radius 3 is 2.53 bits per heavy atom. The first-order valence-corrected chi connectivity index (χ1v) is 7.67. The predicted octanol–water partition coefficient (Wildman–Crippen LogP) is 4.46. The molecule has 0 radical (unpaired) electrons. The first kappa shape index (κ1) is 13.4. The third-order valence-electron chi connectivity index (χ3n) is 3.19. The van der Waals surface area contributed by atoms with Crippen LogP contribution in [0.3, 0.4) is 0 Å². The Balaban J connectivity index is 1.80. The summed E-state index contributed by atoms with van der Waals surface area (Å²) in [6, 6.07) is 12.1. The summed E-state index contributed by atoms with van der Waals surface area (Å²) >= 11 is 13.6. The summed E-state index contributed by atoms with van der Waals surface area (Å²) in [5, 5.41) is 3.40. The first-order chi connectivity index (χ1) is 9.24. The standard InChI is InChI=1S/C14H13Cl2NOS/c15-13-6-10(14(16)19-13)12-8-17-7-11(18-12)9-4-2-1-3-5-9/h1-6,11-12,17H,7-8H2. The highest BCUT2D eigenvalue weighted by molar-refractivity contribution is 7.20. The summed E-state index contributed by atoms with van der Waals surface area (Å²) < 4.78 is 7.57. The van der Waals surface area contributed by atoms with Crippen LogP contribution in [0, 0.1) is 0 Å². The molecule has 2 heterocycles. The minimum absolute atomic E-state index is 0.0461. The Kier molecular flexibility index (Phi) is 4.10. The molecular weight excluding hydrogens is 301 g/mol. The van der Waals surface area contributed by atoms with Gasteiger partial charge in [-0.2, -0.15) is 0 Å². The monoisotopic (exact) mass is 313 g/mol. The van der Waals surface area contributed by atoms with Gasteiger partial charge in [-0.25, -0.2) is 0 Å². The van der Waals surface area contributed by atoms with Gasteiger partial charge in [-0.15, -0.1) is 11.3 Å². The average Bonchev–Trinajstić information content (AvgIpc) is 2.79. The molecule has 1 N–H and O–H groups in total. The molecule has 0 bridgehead atoms. The lowest BCUT2D eigenvalue weighted by atomic mass is 10.1. The molecule has 1 fully saturated rings. The van der Waals surface area contributed by atoms with Crippen LogP contribution in [-0.2, 0) is 4.74 Å². The van der Waals surface area contributed by atoms with Crippen LogP contribution in [0.25, 0.3) is 0 Å². The van der Waals surface area contributed by atoms with Crippen LogP contribution in [0.1, 0.15) is 23.3 Å². The van der Waals surface area contributed by atoms with Crippen molar-refractivity contribution in [2.45, 2.75) is 12.2 Å². The van der Waals surface area contributed by atoms with E-state index in [-0.39, 0.29) is 12.2 Å². The van der Waals surface area contributed by atoms with E-state index in [1.165, 1.54) is 16.9 Å². The molecular formula is C14H13Cl2NOS. The van der Waals surface area contributed by atoms with E-state index >= 15 is 0 Å². The zero-order valence-corrected chi connectivity index (χ0v) is 12.4. The Labute approximate surface area is 126 Å². The summed E-state index contributed by atoms with van der Waals surface area (Å²) in [5.41, 5.74) is 2.15. The van der Waals surface area contributed by atoms with Crippen molar-refractivity contribution < 1.29 is 4.74 Å². The van der Waals surface area contributed by atoms with Gasteiger partial charge in [0.05, 0.1) is 16.5 Å². The van der Waals surface area contributed by atoms with Gasteiger partial charge in [0.25, 0.3) is 0 Å². The van der Waals surface area contributed by atoms with Crippen LogP contribution in [0.15, 0.2) is 36.4 Å². The fourth-order valence-electron chi connectivity index (χ4n) is 2.26. The smallest absolute Gasteiger partial charge is 0.100 e. The molecule has 1 saturated heterocycles. The molecule has 100 valence electrons. The van der Waals surface area contributed by atoms with E-state index in [0.717, 1.165) is 18.7 Å². The molecule has 19 heavy (non-hydrogen) atoms. The summed E-state index contributed by atoms with van der Waals surface area (Å²) in [6.07, 6.45) is 0.00454. The number of rotatable bonds is 2. The fraction of sp³-hybridized carbons (Fsp3) is 0.286. The Morgan fingerprint density at radius 1 is 1.11 bits per heavy atom. The second-order valence-corrected chi connectivity index (χ2v) is 6.75. The maximum atomic E-state index is 6.20. The molecule has 2 atom stereocenters. The number of hydrogen-bond donors (Lipinski definition) is 1. The molecule has 5 heteroatoms. The van der Waals surface area contributed by atoms with Gasteiger partial charge < -0.3 is 10.1 Å². The highest BCUT2D eigenvalue weighted by Crippen LogP contribution is 2.39. The largest absolute Gasteiger partial charge is 0.363 e. The third kappa shape index (κ3) is 2.96. The molecule has 1 aromatic heterocycles. The molecule has 2 aromatic rings. The highest BCUT2D eigenvalue weighted by Gasteiger charge is 2.27. The summed E-state index contributed by atoms with van der Waals surface area (Å²) in [4.78, 5) is 0. The van der Waals surface area contributed by atoms with Gasteiger partial charge in [0.2, 0.25) is 0 Å². The van der Waals surface area contributed by atoms with Gasteiger partial charge in [-0.05, 0) is 11.6 Å². The second kappa shape index (κ2) is 5.81. The van der Waals surface area contributed by atoms with E-state index in [1.807, 2.05) is 24.3 Å². The van der Waals surface area contributed by atoms with Gasteiger partial charge in [-0.3, -0.25) is 0 Å². The lowest BCUT2D eigenvalue weighted by molar-refractivity contribution is -0.0403. The number of morpholine rings is 1. The molecule has 1 aliphatic heterocycles. The van der Waals surface area contributed by atoms with Crippen LogP contribution in [0.2, 0.25) is 8.67 Å². The lowest BCUT2D eigenvalue weighted by Crippen LogP contribution is -2.35. The molecule has 1 aromatic carbocycles. The van der Waals surface area contributed by atoms with E-state index < -0.39 is 0 Å². The maximum absolute atomic E-state index is 6.20. The number of thiophene rings is 1. The molecule has 0 spiro atoms. The van der Waals surface area contributed by atoms with E-state index in [1.54, 1.807) is 0 Å². The van der Waals surface area contributed by atoms with Crippen LogP contribution in [0.5, 0.6) is 0 Å². The van der Waals surface area contributed by atoms with Gasteiger partial charge in [0.1, 0.15) is 4.34 Å². The van der Waals surface area contributed by atoms with Crippen molar-refractivity contribution in [3.63, 3.8) is 0 Å². The van der Waals surface area contributed by atoms with Gasteiger partial charge in [0, 0.05) is 18.7 Å². The molecule has 0 amide bonds. The van der Waals surface area contributed by atoms with E-state index in [2.05, 4.69) is 17.4 Å². The van der Waals surface area contributed by atoms with Crippen molar-refractivity contribution in [2.24, 2.45) is 0 Å². The van der Waals surface area contributed by atoms with Crippen LogP contribution in [-0.4, -0.2) is 13.1 Å². The number of benzene rings is 1. The Hall–Kier alpha value is -0.580. The molecule has 0 saturated carbocycles. The SMILES string of the molecule is Clc1cc(C2CNCC(c3ccccc3)O2)c(Cl)s1. The van der Waals surface area contributed by atoms with Crippen molar-refractivity contribution in [1.82, 2.24) is 5.32 Å². The summed E-state index contributed by atoms with van der Waals surface area (Å²) in [7, 11) is 0. The number of nitrogens with one attached hydrogen (secondary N) is 1. The number of hydrogen-bond acceptors (Lipinski definition) is 3. The lowest BCUT2D eigenvalue weighted by Gasteiger charge is -2.31. The van der Waals surface area contributed by atoms with Crippen LogP contribution in [0.4, 0.5) is 0 Å². The molecule has 2 unspecified atom stereocenters. The molecule has 0 aliphatic carbocycles. The van der Waals surface area contributed by atoms with Crippen LogP contribution < -0.4 is 5.32 Å². The second-order valence-electron chi connectivity index (χ2n) is 4.46. The normalized spacial score (nSPS) is 23.5. The van der Waals surface area contributed by atoms with Gasteiger partial charge in [0.15, 0.2) is 0 Å². The van der Waals surface area contributed by atoms with Crippen LogP contribution >= 0.6 is 34.5 Å². The molecule has 2 nitrogen and oxygen atoms in total. The zero-order chi connectivity index (χ0) is 13.2. The fourth-order valence-corrected chi connectivity index (χ4v) is 3.82. The topological polar surface area (TPSA) is 21.3 Å². The van der Waals surface area contributed by atoms with Crippen molar-refractivity contribution >= 4 is 34.5 Å². The molecule has 3 rings (SSSR count). The average molecular weight is 314 g/mol.